The molecule has 160 valence electrons. The van der Waals surface area contributed by atoms with E-state index in [-0.39, 0.29) is 11.8 Å². The number of piperidine rings is 2. The molecule has 0 spiro atoms. The van der Waals surface area contributed by atoms with E-state index in [2.05, 4.69) is 17.1 Å². The van der Waals surface area contributed by atoms with Gasteiger partial charge >= 0.3 is 0 Å². The van der Waals surface area contributed by atoms with E-state index in [4.69, 9.17) is 0 Å². The number of amides is 1. The Bertz CT molecular complexity index is 787. The first-order valence-electron chi connectivity index (χ1n) is 10.7. The Balaban J connectivity index is 1.42. The first-order valence-corrected chi connectivity index (χ1v) is 12.2. The SMILES string of the molecule is CC1CCCCN1CCNC(=O)C1CCN(S(=O)(=O)/C=C/c2ccccc2)CC1. The van der Waals surface area contributed by atoms with Gasteiger partial charge in [-0.1, -0.05) is 36.8 Å². The Labute approximate surface area is 175 Å². The van der Waals surface area contributed by atoms with Crippen LogP contribution in [-0.2, 0) is 14.8 Å². The predicted octanol–water partition coefficient (Wildman–Crippen LogP) is 2.69. The molecule has 29 heavy (non-hydrogen) atoms. The van der Waals surface area contributed by atoms with Crippen LogP contribution in [0.5, 0.6) is 0 Å². The fraction of sp³-hybridized carbons (Fsp3) is 0.591. The Morgan fingerprint density at radius 2 is 1.83 bits per heavy atom. The van der Waals surface area contributed by atoms with E-state index in [0.717, 1.165) is 18.7 Å². The molecule has 0 aromatic heterocycles. The Hall–Kier alpha value is -1.70. The van der Waals surface area contributed by atoms with E-state index < -0.39 is 10.0 Å². The standard InChI is InChI=1S/C22H33N3O3S/c1-19-7-5-6-14-24(19)17-13-23-22(26)21-10-15-25(16-11-21)29(27,28)18-12-20-8-3-2-4-9-20/h2-4,8-9,12,18-19,21H,5-7,10-11,13-17H2,1H3,(H,23,26)/b18-12+. The van der Waals surface area contributed by atoms with Gasteiger partial charge in [0.25, 0.3) is 0 Å². The van der Waals surface area contributed by atoms with Crippen LogP contribution in [0.4, 0.5) is 0 Å². The molecular weight excluding hydrogens is 386 g/mol. The molecule has 0 bridgehead atoms. The monoisotopic (exact) mass is 419 g/mol. The van der Waals surface area contributed by atoms with E-state index in [1.807, 2.05) is 30.3 Å². The zero-order valence-corrected chi connectivity index (χ0v) is 18.1. The molecule has 2 fully saturated rings. The Morgan fingerprint density at radius 1 is 1.10 bits per heavy atom. The molecule has 1 atom stereocenters. The van der Waals surface area contributed by atoms with Gasteiger partial charge in [0.05, 0.1) is 0 Å². The number of carbonyl (C=O) groups is 1. The number of likely N-dealkylation sites (tertiary alicyclic amines) is 1. The average molecular weight is 420 g/mol. The van der Waals surface area contributed by atoms with Crippen molar-refractivity contribution in [2.24, 2.45) is 5.92 Å². The van der Waals surface area contributed by atoms with Crippen LogP contribution >= 0.6 is 0 Å². The fourth-order valence-electron chi connectivity index (χ4n) is 4.14. The number of nitrogens with one attached hydrogen (secondary N) is 1. The maximum absolute atomic E-state index is 12.5. The molecule has 2 heterocycles. The van der Waals surface area contributed by atoms with Crippen molar-refractivity contribution < 1.29 is 13.2 Å². The summed E-state index contributed by atoms with van der Waals surface area (Å²) in [6.45, 7) is 5.71. The third kappa shape index (κ3) is 6.39. The van der Waals surface area contributed by atoms with Gasteiger partial charge in [0.15, 0.2) is 0 Å². The van der Waals surface area contributed by atoms with Gasteiger partial charge in [-0.3, -0.25) is 9.69 Å². The molecule has 1 unspecified atom stereocenters. The van der Waals surface area contributed by atoms with Crippen molar-refractivity contribution in [3.63, 3.8) is 0 Å². The molecule has 7 heteroatoms. The van der Waals surface area contributed by atoms with E-state index in [9.17, 15) is 13.2 Å². The van der Waals surface area contributed by atoms with Crippen LogP contribution in [0.15, 0.2) is 35.7 Å². The summed E-state index contributed by atoms with van der Waals surface area (Å²) in [6, 6.07) is 9.98. The minimum Gasteiger partial charge on any atom is -0.355 e. The van der Waals surface area contributed by atoms with Gasteiger partial charge in [0.2, 0.25) is 15.9 Å². The summed E-state index contributed by atoms with van der Waals surface area (Å²) >= 11 is 0. The Morgan fingerprint density at radius 3 is 2.52 bits per heavy atom. The summed E-state index contributed by atoms with van der Waals surface area (Å²) < 4.78 is 26.6. The maximum Gasteiger partial charge on any atom is 0.236 e. The molecule has 2 aliphatic rings. The van der Waals surface area contributed by atoms with Crippen molar-refractivity contribution in [3.05, 3.63) is 41.3 Å². The predicted molar refractivity (Wildman–Crippen MR) is 117 cm³/mol. The normalized spacial score (nSPS) is 22.7. The first-order chi connectivity index (χ1) is 14.0. The summed E-state index contributed by atoms with van der Waals surface area (Å²) in [5, 5.41) is 4.32. The molecule has 3 rings (SSSR count). The largest absolute Gasteiger partial charge is 0.355 e. The quantitative estimate of drug-likeness (QED) is 0.738. The number of benzene rings is 1. The number of carbonyl (C=O) groups excluding carboxylic acids is 1. The molecule has 1 amide bonds. The van der Waals surface area contributed by atoms with Crippen molar-refractivity contribution in [1.29, 1.82) is 0 Å². The molecule has 0 saturated carbocycles. The van der Waals surface area contributed by atoms with Crippen LogP contribution in [0.2, 0.25) is 0 Å². The van der Waals surface area contributed by atoms with Crippen molar-refractivity contribution in [2.45, 2.75) is 45.1 Å². The highest BCUT2D eigenvalue weighted by molar-refractivity contribution is 7.92. The minimum absolute atomic E-state index is 0.0616. The van der Waals surface area contributed by atoms with E-state index >= 15 is 0 Å². The summed E-state index contributed by atoms with van der Waals surface area (Å²) in [7, 11) is -3.45. The summed E-state index contributed by atoms with van der Waals surface area (Å²) in [4.78, 5) is 14.9. The molecule has 2 aliphatic heterocycles. The lowest BCUT2D eigenvalue weighted by molar-refractivity contribution is -0.126. The molecule has 0 radical (unpaired) electrons. The highest BCUT2D eigenvalue weighted by Crippen LogP contribution is 2.21. The lowest BCUT2D eigenvalue weighted by atomic mass is 9.97. The van der Waals surface area contributed by atoms with Crippen LogP contribution < -0.4 is 5.32 Å². The molecule has 0 aliphatic carbocycles. The second-order valence-electron chi connectivity index (χ2n) is 8.10. The summed E-state index contributed by atoms with van der Waals surface area (Å²) in [5.41, 5.74) is 0.855. The van der Waals surface area contributed by atoms with Crippen LogP contribution in [0.1, 0.15) is 44.6 Å². The third-order valence-corrected chi connectivity index (χ3v) is 7.62. The van der Waals surface area contributed by atoms with Gasteiger partial charge in [0.1, 0.15) is 0 Å². The third-order valence-electron chi connectivity index (χ3n) is 6.06. The first kappa shape index (κ1) is 22.0. The summed E-state index contributed by atoms with van der Waals surface area (Å²) in [6.07, 6.45) is 6.54. The number of rotatable bonds is 7. The number of hydrogen-bond donors (Lipinski definition) is 1. The van der Waals surface area contributed by atoms with Gasteiger partial charge in [-0.25, -0.2) is 8.42 Å². The minimum atomic E-state index is -3.45. The van der Waals surface area contributed by atoms with Crippen molar-refractivity contribution in [3.8, 4) is 0 Å². The molecule has 2 saturated heterocycles. The van der Waals surface area contributed by atoms with Gasteiger partial charge < -0.3 is 5.32 Å². The van der Waals surface area contributed by atoms with Crippen molar-refractivity contribution in [2.75, 3.05) is 32.7 Å². The Kier molecular flexibility index (Phi) is 7.86. The molecule has 1 N–H and O–H groups in total. The fourth-order valence-corrected chi connectivity index (χ4v) is 5.37. The van der Waals surface area contributed by atoms with Crippen LogP contribution in [0.3, 0.4) is 0 Å². The molecule has 6 nitrogen and oxygen atoms in total. The highest BCUT2D eigenvalue weighted by Gasteiger charge is 2.30. The highest BCUT2D eigenvalue weighted by atomic mass is 32.2. The lowest BCUT2D eigenvalue weighted by Gasteiger charge is -2.33. The van der Waals surface area contributed by atoms with Crippen LogP contribution in [0.25, 0.3) is 6.08 Å². The zero-order valence-electron chi connectivity index (χ0n) is 17.3. The van der Waals surface area contributed by atoms with Crippen LogP contribution in [-0.4, -0.2) is 62.3 Å². The van der Waals surface area contributed by atoms with Gasteiger partial charge in [-0.2, -0.15) is 4.31 Å². The summed E-state index contributed by atoms with van der Waals surface area (Å²) in [5.74, 6) is -0.0372. The van der Waals surface area contributed by atoms with Crippen molar-refractivity contribution >= 4 is 22.0 Å². The van der Waals surface area contributed by atoms with E-state index in [0.29, 0.717) is 38.5 Å². The maximum atomic E-state index is 12.5. The lowest BCUT2D eigenvalue weighted by Crippen LogP contribution is -2.45. The number of sulfonamides is 1. The van der Waals surface area contributed by atoms with Crippen molar-refractivity contribution in [1.82, 2.24) is 14.5 Å². The van der Waals surface area contributed by atoms with Gasteiger partial charge in [-0.15, -0.1) is 0 Å². The number of hydrogen-bond acceptors (Lipinski definition) is 4. The zero-order chi connectivity index (χ0) is 20.7. The molecular formula is C22H33N3O3S. The van der Waals surface area contributed by atoms with Crippen LogP contribution in [0, 0.1) is 5.92 Å². The van der Waals surface area contributed by atoms with E-state index in [1.54, 1.807) is 6.08 Å². The number of nitrogens with zero attached hydrogens (tertiary/aromatic N) is 2. The van der Waals surface area contributed by atoms with Gasteiger partial charge in [0, 0.05) is 43.5 Å². The second-order valence-corrected chi connectivity index (χ2v) is 9.92. The topological polar surface area (TPSA) is 69.7 Å². The van der Waals surface area contributed by atoms with Gasteiger partial charge in [-0.05, 0) is 50.8 Å². The molecule has 1 aromatic carbocycles. The average Bonchev–Trinajstić information content (AvgIpc) is 2.74. The second kappa shape index (κ2) is 10.4. The molecule has 1 aromatic rings. The smallest absolute Gasteiger partial charge is 0.236 e. The van der Waals surface area contributed by atoms with E-state index in [1.165, 1.54) is 29.0 Å².